The molecule has 37 heavy (non-hydrogen) atoms. The number of aromatic amines is 1. The first-order valence-corrected chi connectivity index (χ1v) is 12.8. The second kappa shape index (κ2) is 9.97. The maximum absolute atomic E-state index is 11.4. The van der Waals surface area contributed by atoms with Gasteiger partial charge in [-0.05, 0) is 70.3 Å². The Bertz CT molecular complexity index is 1360. The molecule has 0 spiro atoms. The van der Waals surface area contributed by atoms with Gasteiger partial charge in [-0.3, -0.25) is 9.47 Å². The van der Waals surface area contributed by atoms with Crippen LogP contribution in [0.5, 0.6) is 0 Å². The van der Waals surface area contributed by atoms with E-state index >= 15 is 0 Å². The second-order valence-corrected chi connectivity index (χ2v) is 10.4. The van der Waals surface area contributed by atoms with E-state index in [1.807, 2.05) is 0 Å². The van der Waals surface area contributed by atoms with E-state index in [4.69, 9.17) is 15.5 Å². The minimum Gasteiger partial charge on any atom is -0.385 e. The lowest BCUT2D eigenvalue weighted by molar-refractivity contribution is -0.109. The number of unbranched alkanes of at least 4 members (excludes halogenated alkanes) is 1. The van der Waals surface area contributed by atoms with Crippen LogP contribution in [0.25, 0.3) is 22.2 Å². The van der Waals surface area contributed by atoms with Crippen molar-refractivity contribution >= 4 is 28.0 Å². The number of aliphatic hydroxyl groups excluding tert-OH is 1. The number of aliphatic hydroxyl groups is 2. The standard InChI is InChI=1S/C26H36N8O3/c1-15(2)33(8-6-5-7-21-31-18-9-16(3)17(4)10-19(18)32-21)11-20-23(35)26(36,12-37-20)34-14-30-22-24(27)28-13-29-25(22)34/h9-10,13-15,20,23,35-36H,5-8,11-12H2,1-4H3,(H,31,32)(H2,27,28,29). The number of nitrogens with zero attached hydrogens (tertiary/aromatic N) is 6. The first kappa shape index (κ1) is 25.5. The summed E-state index contributed by atoms with van der Waals surface area (Å²) < 4.78 is 7.34. The Morgan fingerprint density at radius 3 is 2.78 bits per heavy atom. The van der Waals surface area contributed by atoms with Gasteiger partial charge >= 0.3 is 0 Å². The number of hydrogen-bond acceptors (Lipinski definition) is 9. The Morgan fingerprint density at radius 2 is 2.00 bits per heavy atom. The summed E-state index contributed by atoms with van der Waals surface area (Å²) in [5.74, 6) is 1.23. The molecule has 1 aliphatic rings. The lowest BCUT2D eigenvalue weighted by Gasteiger charge is -2.32. The Balaban J connectivity index is 1.19. The maximum atomic E-state index is 11.4. The van der Waals surface area contributed by atoms with E-state index in [0.29, 0.717) is 17.7 Å². The molecule has 198 valence electrons. The lowest BCUT2D eigenvalue weighted by Crippen LogP contribution is -2.49. The van der Waals surface area contributed by atoms with Gasteiger partial charge in [0.25, 0.3) is 0 Å². The molecule has 11 nitrogen and oxygen atoms in total. The van der Waals surface area contributed by atoms with Gasteiger partial charge in [0.1, 0.15) is 29.9 Å². The molecule has 4 heterocycles. The number of nitrogens with two attached hydrogens (primary N) is 1. The molecule has 3 aromatic heterocycles. The average molecular weight is 509 g/mol. The summed E-state index contributed by atoms with van der Waals surface area (Å²) in [5.41, 5.74) is 9.54. The third-order valence-corrected chi connectivity index (χ3v) is 7.51. The smallest absolute Gasteiger partial charge is 0.197 e. The molecule has 1 aliphatic heterocycles. The average Bonchev–Trinajstić information content (AvgIpc) is 3.54. The Kier molecular flexibility index (Phi) is 6.88. The van der Waals surface area contributed by atoms with Crippen molar-refractivity contribution in [2.24, 2.45) is 0 Å². The van der Waals surface area contributed by atoms with Crippen molar-refractivity contribution in [3.8, 4) is 0 Å². The molecule has 0 amide bonds. The molecule has 1 fully saturated rings. The van der Waals surface area contributed by atoms with E-state index < -0.39 is 17.9 Å². The number of hydrogen-bond donors (Lipinski definition) is 4. The Morgan fingerprint density at radius 1 is 1.22 bits per heavy atom. The fourth-order valence-corrected chi connectivity index (χ4v) is 5.04. The number of imidazole rings is 2. The minimum atomic E-state index is -1.69. The van der Waals surface area contributed by atoms with Gasteiger partial charge in [-0.1, -0.05) is 0 Å². The van der Waals surface area contributed by atoms with Crippen LogP contribution in [0, 0.1) is 13.8 Å². The predicted molar refractivity (Wildman–Crippen MR) is 141 cm³/mol. The molecule has 0 aliphatic carbocycles. The van der Waals surface area contributed by atoms with Gasteiger partial charge in [-0.25, -0.2) is 19.9 Å². The van der Waals surface area contributed by atoms with Crippen molar-refractivity contribution in [1.29, 1.82) is 0 Å². The predicted octanol–water partition coefficient (Wildman–Crippen LogP) is 2.04. The zero-order valence-electron chi connectivity index (χ0n) is 21.8. The van der Waals surface area contributed by atoms with Crippen molar-refractivity contribution in [3.63, 3.8) is 0 Å². The molecule has 1 aromatic carbocycles. The Hall–Kier alpha value is -3.12. The highest BCUT2D eigenvalue weighted by molar-refractivity contribution is 5.81. The van der Waals surface area contributed by atoms with Crippen LogP contribution in [-0.2, 0) is 16.9 Å². The highest BCUT2D eigenvalue weighted by Crippen LogP contribution is 2.33. The van der Waals surface area contributed by atoms with Crippen LogP contribution in [0.1, 0.15) is 43.6 Å². The highest BCUT2D eigenvalue weighted by Gasteiger charge is 2.50. The first-order chi connectivity index (χ1) is 17.7. The largest absolute Gasteiger partial charge is 0.385 e. The van der Waals surface area contributed by atoms with Crippen LogP contribution in [0.2, 0.25) is 0 Å². The number of fused-ring (bicyclic) bond motifs is 2. The maximum Gasteiger partial charge on any atom is 0.197 e. The summed E-state index contributed by atoms with van der Waals surface area (Å²) in [7, 11) is 0. The molecule has 3 atom stereocenters. The number of aromatic nitrogens is 6. The van der Waals surface area contributed by atoms with Gasteiger partial charge in [0.05, 0.1) is 24.0 Å². The van der Waals surface area contributed by atoms with Gasteiger partial charge in [0, 0.05) is 19.0 Å². The molecule has 1 saturated heterocycles. The van der Waals surface area contributed by atoms with Crippen LogP contribution in [0.3, 0.4) is 0 Å². The van der Waals surface area contributed by atoms with Gasteiger partial charge in [0.2, 0.25) is 0 Å². The zero-order valence-corrected chi connectivity index (χ0v) is 21.8. The van der Waals surface area contributed by atoms with Gasteiger partial charge in [-0.2, -0.15) is 0 Å². The van der Waals surface area contributed by atoms with E-state index in [9.17, 15) is 10.2 Å². The number of nitrogens with one attached hydrogen (secondary N) is 1. The number of benzene rings is 1. The second-order valence-electron chi connectivity index (χ2n) is 10.4. The quantitative estimate of drug-likeness (QED) is 0.249. The number of nitrogen functional groups attached to an aromatic ring is 1. The summed E-state index contributed by atoms with van der Waals surface area (Å²) >= 11 is 0. The molecule has 5 N–H and O–H groups in total. The molecular weight excluding hydrogens is 472 g/mol. The summed E-state index contributed by atoms with van der Waals surface area (Å²) in [4.78, 5) is 22.8. The van der Waals surface area contributed by atoms with E-state index in [0.717, 1.165) is 42.7 Å². The van der Waals surface area contributed by atoms with Gasteiger partial charge in [-0.15, -0.1) is 0 Å². The van der Waals surface area contributed by atoms with Gasteiger partial charge in [0.15, 0.2) is 17.2 Å². The van der Waals surface area contributed by atoms with Crippen LogP contribution in [0.4, 0.5) is 5.82 Å². The number of aryl methyl sites for hydroxylation is 3. The Labute approximate surface area is 215 Å². The molecule has 3 unspecified atom stereocenters. The van der Waals surface area contributed by atoms with Crippen LogP contribution >= 0.6 is 0 Å². The summed E-state index contributed by atoms with van der Waals surface area (Å²) in [6.45, 7) is 9.74. The van der Waals surface area contributed by atoms with E-state index in [2.05, 4.69) is 64.7 Å². The number of H-pyrrole nitrogens is 1. The third-order valence-electron chi connectivity index (χ3n) is 7.51. The van der Waals surface area contributed by atoms with Crippen molar-refractivity contribution in [1.82, 2.24) is 34.4 Å². The van der Waals surface area contributed by atoms with E-state index in [1.54, 1.807) is 0 Å². The number of anilines is 1. The van der Waals surface area contributed by atoms with E-state index in [1.165, 1.54) is 28.3 Å². The van der Waals surface area contributed by atoms with Crippen molar-refractivity contribution < 1.29 is 14.9 Å². The fourth-order valence-electron chi connectivity index (χ4n) is 5.04. The molecule has 0 saturated carbocycles. The fraction of sp³-hybridized carbons (Fsp3) is 0.538. The zero-order chi connectivity index (χ0) is 26.3. The molecule has 0 radical (unpaired) electrons. The molecular formula is C26H36N8O3. The minimum absolute atomic E-state index is 0.0782. The summed E-state index contributed by atoms with van der Waals surface area (Å²) in [6, 6.07) is 4.54. The van der Waals surface area contributed by atoms with Crippen molar-refractivity contribution in [2.75, 3.05) is 25.4 Å². The SMILES string of the molecule is Cc1cc2nc(CCCCN(CC3OCC(O)(n4cnc5c(N)ncnc54)C3O)C(C)C)[nH]c2cc1C. The normalized spacial score (nSPS) is 22.3. The van der Waals surface area contributed by atoms with Crippen LogP contribution in [0.15, 0.2) is 24.8 Å². The monoisotopic (exact) mass is 508 g/mol. The van der Waals surface area contributed by atoms with Crippen LogP contribution in [-0.4, -0.2) is 82.5 Å². The molecule has 11 heteroatoms. The van der Waals surface area contributed by atoms with Crippen LogP contribution < -0.4 is 5.73 Å². The van der Waals surface area contributed by atoms with Gasteiger partial charge < -0.3 is 25.7 Å². The third kappa shape index (κ3) is 4.79. The summed E-state index contributed by atoms with van der Waals surface area (Å²) in [6.07, 6.45) is 3.85. The summed E-state index contributed by atoms with van der Waals surface area (Å²) in [5, 5.41) is 22.5. The van der Waals surface area contributed by atoms with E-state index in [-0.39, 0.29) is 18.5 Å². The topological polar surface area (TPSA) is 151 Å². The number of ether oxygens (including phenoxy) is 1. The molecule has 0 bridgehead atoms. The molecule has 5 rings (SSSR count). The number of rotatable bonds is 9. The first-order valence-electron chi connectivity index (χ1n) is 12.8. The van der Waals surface area contributed by atoms with Crippen molar-refractivity contribution in [2.45, 2.75) is 70.9 Å². The highest BCUT2D eigenvalue weighted by atomic mass is 16.5. The van der Waals surface area contributed by atoms with Crippen molar-refractivity contribution in [3.05, 3.63) is 41.7 Å². The lowest BCUT2D eigenvalue weighted by atomic mass is 10.0. The molecule has 4 aromatic rings.